The van der Waals surface area contributed by atoms with Gasteiger partial charge < -0.3 is 10.7 Å². The summed E-state index contributed by atoms with van der Waals surface area (Å²) < 4.78 is 0. The van der Waals surface area contributed by atoms with Crippen molar-refractivity contribution in [3.05, 3.63) is 36.0 Å². The van der Waals surface area contributed by atoms with Crippen LogP contribution in [0.15, 0.2) is 30.5 Å². The zero-order valence-corrected chi connectivity index (χ0v) is 8.46. The highest BCUT2D eigenvalue weighted by Gasteiger charge is 2.02. The fraction of sp³-hybridized carbons (Fsp3) is 0.333. The van der Waals surface area contributed by atoms with Crippen molar-refractivity contribution in [3.8, 4) is 0 Å². The van der Waals surface area contributed by atoms with Gasteiger partial charge in [0.2, 0.25) is 0 Å². The Hall–Kier alpha value is -1.28. The second kappa shape index (κ2) is 3.84. The smallest absolute Gasteiger partial charge is 0.0456 e. The molecule has 0 bridgehead atoms. The zero-order valence-electron chi connectivity index (χ0n) is 8.46. The van der Waals surface area contributed by atoms with E-state index in [4.69, 9.17) is 5.73 Å². The van der Waals surface area contributed by atoms with Gasteiger partial charge in [-0.15, -0.1) is 0 Å². The minimum Gasteiger partial charge on any atom is -0.361 e. The number of hydrogen-bond donors (Lipinski definition) is 2. The van der Waals surface area contributed by atoms with Crippen molar-refractivity contribution in [1.29, 1.82) is 0 Å². The standard InChI is InChI=1S/C12H16N2/c1-9(13)5-6-10-3-2-4-12-11(10)7-8-14-12/h2-4,7-9,14H,5-6,13H2,1H3/t9-/m1/s1. The highest BCUT2D eigenvalue weighted by Crippen LogP contribution is 2.18. The maximum atomic E-state index is 5.75. The van der Waals surface area contributed by atoms with Crippen molar-refractivity contribution in [3.63, 3.8) is 0 Å². The molecule has 2 heteroatoms. The van der Waals surface area contributed by atoms with Gasteiger partial charge in [0.15, 0.2) is 0 Å². The van der Waals surface area contributed by atoms with Crippen LogP contribution in [-0.2, 0) is 6.42 Å². The van der Waals surface area contributed by atoms with Gasteiger partial charge in [0.25, 0.3) is 0 Å². The highest BCUT2D eigenvalue weighted by atomic mass is 14.7. The van der Waals surface area contributed by atoms with Crippen LogP contribution in [0.1, 0.15) is 18.9 Å². The minimum atomic E-state index is 0.282. The quantitative estimate of drug-likeness (QED) is 0.763. The lowest BCUT2D eigenvalue weighted by atomic mass is 10.0. The molecule has 0 fully saturated rings. The average Bonchev–Trinajstić information content (AvgIpc) is 2.62. The normalized spacial score (nSPS) is 13.3. The third-order valence-corrected chi connectivity index (χ3v) is 2.55. The van der Waals surface area contributed by atoms with Crippen molar-refractivity contribution < 1.29 is 0 Å². The van der Waals surface area contributed by atoms with Crippen LogP contribution in [-0.4, -0.2) is 11.0 Å². The molecule has 2 aromatic rings. The summed E-state index contributed by atoms with van der Waals surface area (Å²) in [6.45, 7) is 2.05. The summed E-state index contributed by atoms with van der Waals surface area (Å²) in [4.78, 5) is 3.22. The zero-order chi connectivity index (χ0) is 9.97. The van der Waals surface area contributed by atoms with Crippen LogP contribution in [0.2, 0.25) is 0 Å². The molecule has 0 unspecified atom stereocenters. The predicted octanol–water partition coefficient (Wildman–Crippen LogP) is 2.45. The first-order valence-electron chi connectivity index (χ1n) is 5.08. The van der Waals surface area contributed by atoms with E-state index in [0.717, 1.165) is 12.8 Å². The molecule has 1 aromatic heterocycles. The summed E-state index contributed by atoms with van der Waals surface area (Å²) in [5.74, 6) is 0. The first kappa shape index (κ1) is 9.28. The number of aromatic amines is 1. The Morgan fingerprint density at radius 3 is 3.00 bits per heavy atom. The molecular formula is C12H16N2. The van der Waals surface area contributed by atoms with Crippen molar-refractivity contribution in [2.45, 2.75) is 25.8 Å². The molecule has 14 heavy (non-hydrogen) atoms. The van der Waals surface area contributed by atoms with Crippen LogP contribution in [0.5, 0.6) is 0 Å². The molecule has 3 N–H and O–H groups in total. The lowest BCUT2D eigenvalue weighted by molar-refractivity contribution is 0.668. The van der Waals surface area contributed by atoms with E-state index < -0.39 is 0 Å². The number of hydrogen-bond acceptors (Lipinski definition) is 1. The number of benzene rings is 1. The SMILES string of the molecule is C[C@@H](N)CCc1cccc2[nH]ccc12. The van der Waals surface area contributed by atoms with Gasteiger partial charge >= 0.3 is 0 Å². The van der Waals surface area contributed by atoms with Gasteiger partial charge in [-0.25, -0.2) is 0 Å². The van der Waals surface area contributed by atoms with E-state index in [-0.39, 0.29) is 6.04 Å². The molecule has 0 aliphatic heterocycles. The van der Waals surface area contributed by atoms with Gasteiger partial charge in [-0.05, 0) is 37.5 Å². The molecule has 0 amide bonds. The monoisotopic (exact) mass is 188 g/mol. The summed E-state index contributed by atoms with van der Waals surface area (Å²) in [5.41, 5.74) is 8.36. The van der Waals surface area contributed by atoms with E-state index in [1.807, 2.05) is 6.20 Å². The number of rotatable bonds is 3. The molecule has 74 valence electrons. The van der Waals surface area contributed by atoms with Gasteiger partial charge in [-0.3, -0.25) is 0 Å². The molecule has 1 aromatic carbocycles. The molecule has 1 atom stereocenters. The lowest BCUT2D eigenvalue weighted by Crippen LogP contribution is -2.15. The Kier molecular flexibility index (Phi) is 2.55. The topological polar surface area (TPSA) is 41.8 Å². The molecular weight excluding hydrogens is 172 g/mol. The van der Waals surface area contributed by atoms with Crippen molar-refractivity contribution in [1.82, 2.24) is 4.98 Å². The Labute approximate surface area is 84.1 Å². The number of aromatic nitrogens is 1. The first-order valence-corrected chi connectivity index (χ1v) is 5.08. The van der Waals surface area contributed by atoms with Crippen LogP contribution in [0.4, 0.5) is 0 Å². The van der Waals surface area contributed by atoms with E-state index >= 15 is 0 Å². The Morgan fingerprint density at radius 2 is 2.21 bits per heavy atom. The predicted molar refractivity (Wildman–Crippen MR) is 60.3 cm³/mol. The maximum Gasteiger partial charge on any atom is 0.0456 e. The molecule has 0 saturated heterocycles. The Morgan fingerprint density at radius 1 is 1.36 bits per heavy atom. The van der Waals surface area contributed by atoms with Crippen LogP contribution >= 0.6 is 0 Å². The Balaban J connectivity index is 2.27. The van der Waals surface area contributed by atoms with Gasteiger partial charge in [-0.2, -0.15) is 0 Å². The third kappa shape index (κ3) is 1.80. The van der Waals surface area contributed by atoms with Gasteiger partial charge in [0, 0.05) is 23.1 Å². The van der Waals surface area contributed by atoms with E-state index in [1.54, 1.807) is 0 Å². The number of aryl methyl sites for hydroxylation is 1. The number of H-pyrrole nitrogens is 1. The lowest BCUT2D eigenvalue weighted by Gasteiger charge is -2.05. The van der Waals surface area contributed by atoms with Crippen LogP contribution in [0, 0.1) is 0 Å². The highest BCUT2D eigenvalue weighted by molar-refractivity contribution is 5.82. The number of nitrogens with one attached hydrogen (secondary N) is 1. The van der Waals surface area contributed by atoms with Crippen molar-refractivity contribution in [2.75, 3.05) is 0 Å². The molecule has 2 rings (SSSR count). The summed E-state index contributed by atoms with van der Waals surface area (Å²) in [7, 11) is 0. The van der Waals surface area contributed by atoms with Crippen molar-refractivity contribution in [2.24, 2.45) is 5.73 Å². The molecule has 0 spiro atoms. The second-order valence-electron chi connectivity index (χ2n) is 3.87. The van der Waals surface area contributed by atoms with E-state index in [2.05, 4.69) is 36.2 Å². The fourth-order valence-corrected chi connectivity index (χ4v) is 1.75. The first-order chi connectivity index (χ1) is 6.77. The summed E-state index contributed by atoms with van der Waals surface area (Å²) in [6.07, 6.45) is 4.09. The van der Waals surface area contributed by atoms with Crippen molar-refractivity contribution >= 4 is 10.9 Å². The van der Waals surface area contributed by atoms with Crippen LogP contribution < -0.4 is 5.73 Å². The molecule has 1 heterocycles. The molecule has 0 radical (unpaired) electrons. The van der Waals surface area contributed by atoms with Crippen LogP contribution in [0.25, 0.3) is 10.9 Å². The van der Waals surface area contributed by atoms with E-state index in [1.165, 1.54) is 16.5 Å². The second-order valence-corrected chi connectivity index (χ2v) is 3.87. The molecule has 0 aliphatic carbocycles. The summed E-state index contributed by atoms with van der Waals surface area (Å²) in [6, 6.07) is 8.79. The number of fused-ring (bicyclic) bond motifs is 1. The van der Waals surface area contributed by atoms with E-state index in [9.17, 15) is 0 Å². The minimum absolute atomic E-state index is 0.282. The Bertz CT molecular complexity index is 415. The molecule has 0 aliphatic rings. The van der Waals surface area contributed by atoms with Gasteiger partial charge in [0.05, 0.1) is 0 Å². The fourth-order valence-electron chi connectivity index (χ4n) is 1.75. The molecule has 2 nitrogen and oxygen atoms in total. The molecule has 0 saturated carbocycles. The summed E-state index contributed by atoms with van der Waals surface area (Å²) >= 11 is 0. The maximum absolute atomic E-state index is 5.75. The van der Waals surface area contributed by atoms with E-state index in [0.29, 0.717) is 0 Å². The number of nitrogens with two attached hydrogens (primary N) is 1. The largest absolute Gasteiger partial charge is 0.361 e. The third-order valence-electron chi connectivity index (χ3n) is 2.55. The van der Waals surface area contributed by atoms with Gasteiger partial charge in [-0.1, -0.05) is 12.1 Å². The van der Waals surface area contributed by atoms with Gasteiger partial charge in [0.1, 0.15) is 0 Å². The van der Waals surface area contributed by atoms with Crippen LogP contribution in [0.3, 0.4) is 0 Å². The average molecular weight is 188 g/mol. The summed E-state index contributed by atoms with van der Waals surface area (Å²) in [5, 5.41) is 1.33.